The van der Waals surface area contributed by atoms with Gasteiger partial charge >= 0.3 is 0 Å². The lowest BCUT2D eigenvalue weighted by molar-refractivity contribution is 0.0799. The molecule has 2 heterocycles. The second-order valence-electron chi connectivity index (χ2n) is 6.89. The summed E-state index contributed by atoms with van der Waals surface area (Å²) in [6, 6.07) is 11.8. The van der Waals surface area contributed by atoms with Crippen LogP contribution < -0.4 is 0 Å². The number of aromatic nitrogens is 1. The van der Waals surface area contributed by atoms with E-state index in [-0.39, 0.29) is 5.91 Å². The van der Waals surface area contributed by atoms with Crippen molar-refractivity contribution in [1.82, 2.24) is 19.9 Å². The first-order valence-electron chi connectivity index (χ1n) is 9.53. The maximum Gasteiger partial charge on any atom is 0.276 e. The molecule has 0 aliphatic carbocycles. The van der Waals surface area contributed by atoms with Crippen LogP contribution >= 0.6 is 0 Å². The molecule has 6 nitrogen and oxygen atoms in total. The number of hydrogen-bond acceptors (Lipinski definition) is 5. The topological polar surface area (TPSA) is 52.8 Å². The molecule has 1 aliphatic heterocycles. The summed E-state index contributed by atoms with van der Waals surface area (Å²) in [7, 11) is 1.77. The molecule has 0 N–H and O–H groups in total. The minimum Gasteiger partial charge on any atom is -0.359 e. The summed E-state index contributed by atoms with van der Waals surface area (Å²) < 4.78 is 5.39. The summed E-state index contributed by atoms with van der Waals surface area (Å²) in [5, 5.41) is 3.97. The van der Waals surface area contributed by atoms with Crippen LogP contribution in [-0.2, 0) is 6.54 Å². The van der Waals surface area contributed by atoms with Crippen LogP contribution in [0.25, 0.3) is 6.08 Å². The highest BCUT2D eigenvalue weighted by Crippen LogP contribution is 2.11. The van der Waals surface area contributed by atoms with Crippen LogP contribution in [0.5, 0.6) is 0 Å². The predicted octanol–water partition coefficient (Wildman–Crippen LogP) is 2.60. The number of rotatable bonds is 7. The molecule has 3 rings (SSSR count). The fraction of sp³-hybridized carbons (Fsp3) is 0.429. The van der Waals surface area contributed by atoms with Gasteiger partial charge in [-0.1, -0.05) is 54.6 Å². The van der Waals surface area contributed by atoms with Gasteiger partial charge in [0, 0.05) is 45.8 Å². The van der Waals surface area contributed by atoms with Gasteiger partial charge < -0.3 is 14.3 Å². The Morgan fingerprint density at radius 2 is 1.89 bits per heavy atom. The van der Waals surface area contributed by atoms with Gasteiger partial charge in [-0.15, -0.1) is 0 Å². The van der Waals surface area contributed by atoms with E-state index < -0.39 is 0 Å². The number of likely N-dealkylation sites (N-methyl/N-ethyl adjacent to an activating group) is 2. The number of nitrogens with zero attached hydrogens (tertiary/aromatic N) is 4. The molecule has 1 aliphatic rings. The molecule has 6 heteroatoms. The SMILES string of the molecule is CCN1CCN(Cc2cc(C(=O)N(C)C/C=C/c3ccccc3)no2)CC1. The molecule has 1 fully saturated rings. The average molecular weight is 368 g/mol. The summed E-state index contributed by atoms with van der Waals surface area (Å²) in [5.74, 6) is 0.620. The van der Waals surface area contributed by atoms with Gasteiger partial charge in [0.2, 0.25) is 0 Å². The Hall–Kier alpha value is -2.44. The molecule has 1 aromatic carbocycles. The van der Waals surface area contributed by atoms with Crippen molar-refractivity contribution in [2.45, 2.75) is 13.5 Å². The zero-order valence-electron chi connectivity index (χ0n) is 16.2. The van der Waals surface area contributed by atoms with E-state index in [4.69, 9.17) is 4.52 Å². The summed E-state index contributed by atoms with van der Waals surface area (Å²) in [6.07, 6.45) is 3.98. The second-order valence-corrected chi connectivity index (χ2v) is 6.89. The number of carbonyl (C=O) groups excluding carboxylic acids is 1. The minimum atomic E-state index is -0.126. The van der Waals surface area contributed by atoms with Gasteiger partial charge in [0.15, 0.2) is 11.5 Å². The normalized spacial score (nSPS) is 16.1. The van der Waals surface area contributed by atoms with Crippen molar-refractivity contribution in [2.24, 2.45) is 0 Å². The van der Waals surface area contributed by atoms with Crippen LogP contribution in [0.1, 0.15) is 28.7 Å². The first-order valence-corrected chi connectivity index (χ1v) is 9.53. The molecule has 0 saturated carbocycles. The molecule has 0 bridgehead atoms. The van der Waals surface area contributed by atoms with Gasteiger partial charge in [-0.3, -0.25) is 9.69 Å². The van der Waals surface area contributed by atoms with Crippen molar-refractivity contribution < 1.29 is 9.32 Å². The molecule has 0 radical (unpaired) electrons. The average Bonchev–Trinajstić information content (AvgIpc) is 3.17. The van der Waals surface area contributed by atoms with E-state index in [1.54, 1.807) is 18.0 Å². The van der Waals surface area contributed by atoms with Gasteiger partial charge in [0.05, 0.1) is 6.54 Å². The Balaban J connectivity index is 1.49. The van der Waals surface area contributed by atoms with Crippen LogP contribution in [0, 0.1) is 0 Å². The lowest BCUT2D eigenvalue weighted by Crippen LogP contribution is -2.45. The fourth-order valence-corrected chi connectivity index (χ4v) is 3.16. The number of hydrogen-bond donors (Lipinski definition) is 0. The fourth-order valence-electron chi connectivity index (χ4n) is 3.16. The van der Waals surface area contributed by atoms with Gasteiger partial charge in [0.25, 0.3) is 5.91 Å². The highest BCUT2D eigenvalue weighted by molar-refractivity contribution is 5.92. The Bertz CT molecular complexity index is 749. The largest absolute Gasteiger partial charge is 0.359 e. The van der Waals surface area contributed by atoms with Crippen molar-refractivity contribution >= 4 is 12.0 Å². The Labute approximate surface area is 161 Å². The van der Waals surface area contributed by atoms with Crippen molar-refractivity contribution in [3.05, 3.63) is 59.5 Å². The molecule has 0 atom stereocenters. The molecule has 1 aromatic heterocycles. The van der Waals surface area contributed by atoms with Gasteiger partial charge in [0.1, 0.15) is 0 Å². The molecular formula is C21H28N4O2. The standard InChI is InChI=1S/C21H28N4O2/c1-3-24-12-14-25(15-13-24)17-19-16-20(22-27-19)21(26)23(2)11-7-10-18-8-5-4-6-9-18/h4-10,16H,3,11-15,17H2,1-2H3/b10-7+. The third kappa shape index (κ3) is 5.52. The molecule has 27 heavy (non-hydrogen) atoms. The Morgan fingerprint density at radius 1 is 1.19 bits per heavy atom. The Morgan fingerprint density at radius 3 is 2.59 bits per heavy atom. The predicted molar refractivity (Wildman–Crippen MR) is 106 cm³/mol. The van der Waals surface area contributed by atoms with E-state index in [0.29, 0.717) is 18.8 Å². The van der Waals surface area contributed by atoms with E-state index in [9.17, 15) is 4.79 Å². The van der Waals surface area contributed by atoms with E-state index in [0.717, 1.165) is 44.0 Å². The third-order valence-corrected chi connectivity index (χ3v) is 4.91. The Kier molecular flexibility index (Phi) is 6.79. The summed E-state index contributed by atoms with van der Waals surface area (Å²) in [5.41, 5.74) is 1.48. The molecule has 1 amide bonds. The summed E-state index contributed by atoms with van der Waals surface area (Å²) >= 11 is 0. The van der Waals surface area contributed by atoms with Crippen molar-refractivity contribution in [1.29, 1.82) is 0 Å². The van der Waals surface area contributed by atoms with Crippen molar-refractivity contribution in [3.63, 3.8) is 0 Å². The van der Waals surface area contributed by atoms with Crippen LogP contribution in [0.4, 0.5) is 0 Å². The second kappa shape index (κ2) is 9.48. The van der Waals surface area contributed by atoms with Crippen LogP contribution in [0.15, 0.2) is 47.0 Å². The third-order valence-electron chi connectivity index (χ3n) is 4.91. The maximum absolute atomic E-state index is 12.5. The van der Waals surface area contributed by atoms with Crippen LogP contribution in [0.3, 0.4) is 0 Å². The van der Waals surface area contributed by atoms with Crippen molar-refractivity contribution in [2.75, 3.05) is 46.3 Å². The summed E-state index contributed by atoms with van der Waals surface area (Å²) in [6.45, 7) is 8.70. The monoisotopic (exact) mass is 368 g/mol. The zero-order chi connectivity index (χ0) is 19.1. The van der Waals surface area contributed by atoms with Crippen LogP contribution in [0.2, 0.25) is 0 Å². The lowest BCUT2D eigenvalue weighted by atomic mass is 10.2. The lowest BCUT2D eigenvalue weighted by Gasteiger charge is -2.33. The highest BCUT2D eigenvalue weighted by Gasteiger charge is 2.20. The van der Waals surface area contributed by atoms with Gasteiger partial charge in [-0.25, -0.2) is 0 Å². The maximum atomic E-state index is 12.5. The first-order chi connectivity index (χ1) is 13.2. The molecule has 2 aromatic rings. The molecule has 0 unspecified atom stereocenters. The van der Waals surface area contributed by atoms with E-state index in [1.165, 1.54) is 0 Å². The van der Waals surface area contributed by atoms with E-state index in [1.807, 2.05) is 42.5 Å². The number of benzene rings is 1. The van der Waals surface area contributed by atoms with E-state index >= 15 is 0 Å². The molecule has 144 valence electrons. The first kappa shape index (κ1) is 19.3. The molecular weight excluding hydrogens is 340 g/mol. The quantitative estimate of drug-likeness (QED) is 0.752. The highest BCUT2D eigenvalue weighted by atomic mass is 16.5. The van der Waals surface area contributed by atoms with Gasteiger partial charge in [-0.2, -0.15) is 0 Å². The molecule has 1 saturated heterocycles. The van der Waals surface area contributed by atoms with Gasteiger partial charge in [-0.05, 0) is 12.1 Å². The summed E-state index contributed by atoms with van der Waals surface area (Å²) in [4.78, 5) is 18.9. The van der Waals surface area contributed by atoms with Crippen LogP contribution in [-0.4, -0.2) is 72.1 Å². The van der Waals surface area contributed by atoms with Crippen molar-refractivity contribution in [3.8, 4) is 0 Å². The number of piperazine rings is 1. The number of carbonyl (C=O) groups is 1. The zero-order valence-corrected chi connectivity index (χ0v) is 16.2. The molecule has 0 spiro atoms. The van der Waals surface area contributed by atoms with E-state index in [2.05, 4.69) is 21.9 Å². The smallest absolute Gasteiger partial charge is 0.276 e. The number of amides is 1. The minimum absolute atomic E-state index is 0.126.